The van der Waals surface area contributed by atoms with Crippen LogP contribution in [-0.4, -0.2) is 13.0 Å². The Hall–Kier alpha value is -0.870. The Balaban J connectivity index is 2.31. The Morgan fingerprint density at radius 1 is 0.500 bits per heavy atom. The van der Waals surface area contributed by atoms with Crippen molar-refractivity contribution in [3.8, 4) is 0 Å². The van der Waals surface area contributed by atoms with Gasteiger partial charge in [0.25, 0.3) is 10.1 Å². The molecule has 1 aromatic rings. The number of rotatable bonds is 23. The molecule has 0 aromatic heterocycles. The van der Waals surface area contributed by atoms with Gasteiger partial charge in [-0.25, -0.2) is 0 Å². The molecule has 0 saturated heterocycles. The maximum Gasteiger partial charge on any atom is 0.294 e. The predicted molar refractivity (Wildman–Crippen MR) is 147 cm³/mol. The van der Waals surface area contributed by atoms with Crippen molar-refractivity contribution in [2.45, 2.75) is 160 Å². The van der Waals surface area contributed by atoms with Gasteiger partial charge in [0.15, 0.2) is 0 Å². The summed E-state index contributed by atoms with van der Waals surface area (Å²) in [5, 5.41) is 0. The van der Waals surface area contributed by atoms with Gasteiger partial charge in [0, 0.05) is 0 Å². The Morgan fingerprint density at radius 2 is 0.794 bits per heavy atom. The number of unbranched alkanes of at least 4 members (excludes halogenated alkanes) is 18. The van der Waals surface area contributed by atoms with Gasteiger partial charge >= 0.3 is 0 Å². The van der Waals surface area contributed by atoms with Gasteiger partial charge in [-0.15, -0.1) is 0 Å². The lowest BCUT2D eigenvalue weighted by molar-refractivity contribution is 0.482. The molecule has 1 aromatic carbocycles. The predicted octanol–water partition coefficient (Wildman–Crippen LogP) is 9.86. The average molecular weight is 495 g/mol. The monoisotopic (exact) mass is 494 g/mol. The van der Waals surface area contributed by atoms with Crippen LogP contribution in [0.25, 0.3) is 0 Å². The van der Waals surface area contributed by atoms with Gasteiger partial charge in [-0.2, -0.15) is 8.42 Å². The number of benzene rings is 1. The highest BCUT2D eigenvalue weighted by molar-refractivity contribution is 7.85. The number of hydrogen-bond donors (Lipinski definition) is 1. The van der Waals surface area contributed by atoms with E-state index in [9.17, 15) is 13.0 Å². The lowest BCUT2D eigenvalue weighted by Gasteiger charge is -2.09. The Labute approximate surface area is 212 Å². The molecule has 0 fully saturated rings. The zero-order valence-corrected chi connectivity index (χ0v) is 23.3. The highest BCUT2D eigenvalue weighted by Gasteiger charge is 2.12. The summed E-state index contributed by atoms with van der Waals surface area (Å²) in [6.07, 6.45) is 27.7. The first-order valence-electron chi connectivity index (χ1n) is 14.6. The molecule has 0 aliphatic rings. The molecule has 4 heteroatoms. The van der Waals surface area contributed by atoms with Crippen LogP contribution in [-0.2, 0) is 23.0 Å². The van der Waals surface area contributed by atoms with E-state index >= 15 is 0 Å². The normalized spacial score (nSPS) is 11.9. The lowest BCUT2D eigenvalue weighted by atomic mass is 9.99. The summed E-state index contributed by atoms with van der Waals surface area (Å²) in [6.45, 7) is 4.51. The van der Waals surface area contributed by atoms with Crippen LogP contribution in [0.1, 0.15) is 153 Å². The molecule has 3 nitrogen and oxygen atoms in total. The van der Waals surface area contributed by atoms with Crippen LogP contribution in [0.4, 0.5) is 0 Å². The second-order valence-corrected chi connectivity index (χ2v) is 11.7. The van der Waals surface area contributed by atoms with E-state index < -0.39 is 10.1 Å². The molecule has 0 aliphatic heterocycles. The molecule has 0 heterocycles. The quantitative estimate of drug-likeness (QED) is 0.122. The smallest absolute Gasteiger partial charge is 0.282 e. The molecule has 1 N–H and O–H groups in total. The van der Waals surface area contributed by atoms with Crippen molar-refractivity contribution in [2.24, 2.45) is 0 Å². The molecule has 1 rings (SSSR count). The van der Waals surface area contributed by atoms with Crippen molar-refractivity contribution in [1.29, 1.82) is 0 Å². The summed E-state index contributed by atoms with van der Waals surface area (Å²) >= 11 is 0. The van der Waals surface area contributed by atoms with Crippen molar-refractivity contribution in [1.82, 2.24) is 0 Å². The molecule has 0 unspecified atom stereocenters. The van der Waals surface area contributed by atoms with Crippen molar-refractivity contribution in [3.05, 3.63) is 29.3 Å². The fraction of sp³-hybridized carbons (Fsp3) is 0.800. The van der Waals surface area contributed by atoms with Gasteiger partial charge in [0.1, 0.15) is 0 Å². The van der Waals surface area contributed by atoms with Crippen LogP contribution in [0.5, 0.6) is 0 Å². The summed E-state index contributed by atoms with van der Waals surface area (Å²) in [6, 6.07) is 5.51. The number of aryl methyl sites for hydroxylation is 2. The average Bonchev–Trinajstić information content (AvgIpc) is 2.81. The van der Waals surface area contributed by atoms with Crippen LogP contribution in [0, 0.1) is 0 Å². The summed E-state index contributed by atoms with van der Waals surface area (Å²) in [5.41, 5.74) is 2.11. The van der Waals surface area contributed by atoms with Crippen molar-refractivity contribution >= 4 is 10.1 Å². The molecule has 0 bridgehead atoms. The Morgan fingerprint density at radius 3 is 1.09 bits per heavy atom. The topological polar surface area (TPSA) is 54.4 Å². The van der Waals surface area contributed by atoms with Gasteiger partial charge in [-0.3, -0.25) is 4.55 Å². The van der Waals surface area contributed by atoms with Crippen molar-refractivity contribution in [2.75, 3.05) is 0 Å². The highest BCUT2D eigenvalue weighted by Crippen LogP contribution is 2.20. The molecular weight excluding hydrogens is 440 g/mol. The summed E-state index contributed by atoms with van der Waals surface area (Å²) in [7, 11) is -4.15. The molecule has 0 radical (unpaired) electrons. The minimum Gasteiger partial charge on any atom is -0.282 e. The van der Waals surface area contributed by atoms with Gasteiger partial charge in [0.05, 0.1) is 4.90 Å². The van der Waals surface area contributed by atoms with Crippen LogP contribution in [0.3, 0.4) is 0 Å². The first-order chi connectivity index (χ1) is 16.5. The lowest BCUT2D eigenvalue weighted by Crippen LogP contribution is -2.02. The summed E-state index contributed by atoms with van der Waals surface area (Å²) in [4.78, 5) is 0.0687. The second-order valence-electron chi connectivity index (χ2n) is 10.3. The van der Waals surface area contributed by atoms with Crippen LogP contribution in [0.15, 0.2) is 23.1 Å². The standard InChI is InChI=1S/C30H54O3S/c1-3-5-7-9-11-13-15-17-19-21-23-28-25-29(27-30(26-28)34(31,32)33)24-22-20-18-16-14-12-10-8-6-4-2/h25-27H,3-24H2,1-2H3,(H,31,32,33). The maximum atomic E-state index is 11.8. The second kappa shape index (κ2) is 20.3. The Bertz CT molecular complexity index is 670. The molecule has 0 aliphatic carbocycles. The van der Waals surface area contributed by atoms with E-state index in [1.807, 2.05) is 0 Å². The van der Waals surface area contributed by atoms with Gasteiger partial charge in [-0.1, -0.05) is 135 Å². The molecule has 0 atom stereocenters. The van der Waals surface area contributed by atoms with Crippen molar-refractivity contribution in [3.63, 3.8) is 0 Å². The van der Waals surface area contributed by atoms with Crippen LogP contribution < -0.4 is 0 Å². The largest absolute Gasteiger partial charge is 0.294 e. The fourth-order valence-electron chi connectivity index (χ4n) is 4.80. The third-order valence-electron chi connectivity index (χ3n) is 6.96. The maximum absolute atomic E-state index is 11.8. The molecule has 198 valence electrons. The Kier molecular flexibility index (Phi) is 18.6. The third kappa shape index (κ3) is 16.7. The van der Waals surface area contributed by atoms with Crippen molar-refractivity contribution < 1.29 is 13.0 Å². The minimum absolute atomic E-state index is 0.0687. The van der Waals surface area contributed by atoms with Gasteiger partial charge in [-0.05, 0) is 48.9 Å². The molecule has 0 saturated carbocycles. The van der Waals surface area contributed by atoms with Gasteiger partial charge < -0.3 is 0 Å². The zero-order valence-electron chi connectivity index (χ0n) is 22.5. The van der Waals surface area contributed by atoms with E-state index in [4.69, 9.17) is 0 Å². The molecule has 0 spiro atoms. The van der Waals surface area contributed by atoms with Crippen LogP contribution >= 0.6 is 0 Å². The minimum atomic E-state index is -4.15. The molecule has 0 amide bonds. The molecular formula is C30H54O3S. The van der Waals surface area contributed by atoms with E-state index in [1.165, 1.54) is 116 Å². The highest BCUT2D eigenvalue weighted by atomic mass is 32.2. The van der Waals surface area contributed by atoms with Gasteiger partial charge in [0.2, 0.25) is 0 Å². The summed E-state index contributed by atoms with van der Waals surface area (Å²) < 4.78 is 33.2. The summed E-state index contributed by atoms with van der Waals surface area (Å²) in [5.74, 6) is 0. The van der Waals surface area contributed by atoms with E-state index in [1.54, 1.807) is 12.1 Å². The van der Waals surface area contributed by atoms with E-state index in [0.29, 0.717) is 0 Å². The SMILES string of the molecule is CCCCCCCCCCCCc1cc(CCCCCCCCCCCC)cc(S(=O)(=O)O)c1. The first-order valence-corrected chi connectivity index (χ1v) is 16.0. The first kappa shape index (κ1) is 31.2. The van der Waals surface area contributed by atoms with E-state index in [2.05, 4.69) is 19.9 Å². The zero-order chi connectivity index (χ0) is 24.9. The van der Waals surface area contributed by atoms with E-state index in [0.717, 1.165) is 36.8 Å². The molecule has 34 heavy (non-hydrogen) atoms. The third-order valence-corrected chi connectivity index (χ3v) is 7.79. The van der Waals surface area contributed by atoms with E-state index in [-0.39, 0.29) is 4.90 Å². The number of hydrogen-bond acceptors (Lipinski definition) is 2. The van der Waals surface area contributed by atoms with Crippen LogP contribution in [0.2, 0.25) is 0 Å². The fourth-order valence-corrected chi connectivity index (χ4v) is 5.40.